The molecule has 0 heterocycles. The summed E-state index contributed by atoms with van der Waals surface area (Å²) in [5, 5.41) is 16.1. The second kappa shape index (κ2) is 14.2. The SMILES string of the molecule is Cc1ccccc1NC(=O)C(c1cccc(O)c1)N(C(=O)C(NC(=O)OC(C)(C)C)C(C)C)C(C)CCC(C)C. The highest BCUT2D eigenvalue weighted by Crippen LogP contribution is 2.31. The number of aromatic hydroxyl groups is 1. The average Bonchev–Trinajstić information content (AvgIpc) is 2.84. The normalized spacial score (nSPS) is 13.9. The van der Waals surface area contributed by atoms with E-state index >= 15 is 0 Å². The molecule has 3 N–H and O–H groups in total. The van der Waals surface area contributed by atoms with Gasteiger partial charge in [-0.1, -0.05) is 58.0 Å². The lowest BCUT2D eigenvalue weighted by Gasteiger charge is -2.39. The number of hydrogen-bond acceptors (Lipinski definition) is 5. The number of phenolic OH excluding ortho intramolecular Hbond substituents is 1. The number of nitrogens with one attached hydrogen (secondary N) is 2. The van der Waals surface area contributed by atoms with Crippen molar-refractivity contribution in [2.75, 3.05) is 5.32 Å². The molecule has 0 saturated heterocycles. The molecule has 0 fully saturated rings. The third-order valence-corrected chi connectivity index (χ3v) is 6.61. The van der Waals surface area contributed by atoms with Gasteiger partial charge in [-0.05, 0) is 88.6 Å². The van der Waals surface area contributed by atoms with E-state index in [0.29, 0.717) is 23.6 Å². The van der Waals surface area contributed by atoms with Crippen molar-refractivity contribution in [1.29, 1.82) is 0 Å². The quantitative estimate of drug-likeness (QED) is 0.291. The number of ether oxygens (including phenoxy) is 1. The maximum absolute atomic E-state index is 14.4. The monoisotopic (exact) mass is 553 g/mol. The molecule has 0 bridgehead atoms. The van der Waals surface area contributed by atoms with E-state index in [4.69, 9.17) is 4.74 Å². The zero-order valence-corrected chi connectivity index (χ0v) is 25.4. The minimum atomic E-state index is -1.07. The number of carbonyl (C=O) groups excluding carboxylic acids is 3. The fraction of sp³-hybridized carbons (Fsp3) is 0.531. The van der Waals surface area contributed by atoms with Gasteiger partial charge >= 0.3 is 6.09 Å². The summed E-state index contributed by atoms with van der Waals surface area (Å²) < 4.78 is 5.46. The zero-order chi connectivity index (χ0) is 30.2. The molecule has 0 spiro atoms. The van der Waals surface area contributed by atoms with Crippen LogP contribution < -0.4 is 10.6 Å². The number of hydrogen-bond donors (Lipinski definition) is 3. The molecule has 2 aromatic rings. The van der Waals surface area contributed by atoms with Gasteiger partial charge in [0.2, 0.25) is 5.91 Å². The van der Waals surface area contributed by atoms with E-state index in [1.54, 1.807) is 37.8 Å². The average molecular weight is 554 g/mol. The minimum Gasteiger partial charge on any atom is -0.508 e. The van der Waals surface area contributed by atoms with Crippen molar-refractivity contribution < 1.29 is 24.2 Å². The summed E-state index contributed by atoms with van der Waals surface area (Å²) in [6, 6.07) is 11.5. The summed E-state index contributed by atoms with van der Waals surface area (Å²) in [6.07, 6.45) is 0.781. The van der Waals surface area contributed by atoms with Gasteiger partial charge in [0, 0.05) is 11.7 Å². The molecule has 0 aliphatic rings. The molecule has 0 aliphatic carbocycles. The second-order valence-corrected chi connectivity index (χ2v) is 12.2. The maximum atomic E-state index is 14.4. The van der Waals surface area contributed by atoms with Gasteiger partial charge < -0.3 is 25.4 Å². The first-order valence-electron chi connectivity index (χ1n) is 14.1. The van der Waals surface area contributed by atoms with Gasteiger partial charge in [-0.25, -0.2) is 4.79 Å². The first kappa shape index (κ1) is 32.7. The summed E-state index contributed by atoms with van der Waals surface area (Å²) in [5.41, 5.74) is 1.24. The van der Waals surface area contributed by atoms with E-state index in [0.717, 1.165) is 12.0 Å². The molecule has 3 amide bonds. The fourth-order valence-electron chi connectivity index (χ4n) is 4.47. The highest BCUT2D eigenvalue weighted by molar-refractivity contribution is 5.99. The molecule has 3 atom stereocenters. The smallest absolute Gasteiger partial charge is 0.408 e. The van der Waals surface area contributed by atoms with Crippen LogP contribution in [0.25, 0.3) is 0 Å². The van der Waals surface area contributed by atoms with E-state index in [1.165, 1.54) is 12.1 Å². The highest BCUT2D eigenvalue weighted by atomic mass is 16.6. The van der Waals surface area contributed by atoms with Crippen molar-refractivity contribution in [1.82, 2.24) is 10.2 Å². The molecular formula is C32H47N3O5. The van der Waals surface area contributed by atoms with Crippen LogP contribution in [0.3, 0.4) is 0 Å². The Morgan fingerprint density at radius 2 is 1.60 bits per heavy atom. The third-order valence-electron chi connectivity index (χ3n) is 6.61. The Kier molecular flexibility index (Phi) is 11.6. The van der Waals surface area contributed by atoms with Crippen LogP contribution in [0.1, 0.15) is 85.4 Å². The number of anilines is 1. The molecule has 8 nitrogen and oxygen atoms in total. The largest absolute Gasteiger partial charge is 0.508 e. The summed E-state index contributed by atoms with van der Waals surface area (Å²) in [6.45, 7) is 17.0. The van der Waals surface area contributed by atoms with Crippen molar-refractivity contribution in [2.24, 2.45) is 11.8 Å². The van der Waals surface area contributed by atoms with E-state index in [2.05, 4.69) is 24.5 Å². The number of alkyl carbamates (subject to hydrolysis) is 1. The minimum absolute atomic E-state index is 0.0132. The molecule has 2 rings (SSSR count). The Labute approximate surface area is 239 Å². The Hall–Kier alpha value is -3.55. The van der Waals surface area contributed by atoms with Crippen LogP contribution >= 0.6 is 0 Å². The molecule has 2 aromatic carbocycles. The zero-order valence-electron chi connectivity index (χ0n) is 25.4. The molecule has 0 radical (unpaired) electrons. The number of rotatable bonds is 11. The molecule has 0 aromatic heterocycles. The van der Waals surface area contributed by atoms with Crippen LogP contribution in [-0.4, -0.2) is 45.6 Å². The first-order valence-corrected chi connectivity index (χ1v) is 14.1. The van der Waals surface area contributed by atoms with Crippen LogP contribution in [0.2, 0.25) is 0 Å². The van der Waals surface area contributed by atoms with Crippen LogP contribution in [0.5, 0.6) is 5.75 Å². The molecule has 40 heavy (non-hydrogen) atoms. The van der Waals surface area contributed by atoms with E-state index < -0.39 is 35.6 Å². The molecule has 0 aliphatic heterocycles. The lowest BCUT2D eigenvalue weighted by Crippen LogP contribution is -2.56. The second-order valence-electron chi connectivity index (χ2n) is 12.2. The van der Waals surface area contributed by atoms with Gasteiger partial charge in [-0.3, -0.25) is 9.59 Å². The van der Waals surface area contributed by atoms with Crippen molar-refractivity contribution in [3.63, 3.8) is 0 Å². The summed E-state index contributed by atoms with van der Waals surface area (Å²) in [7, 11) is 0. The number of phenols is 1. The van der Waals surface area contributed by atoms with Crippen molar-refractivity contribution in [2.45, 2.75) is 98.9 Å². The maximum Gasteiger partial charge on any atom is 0.408 e. The predicted octanol–water partition coefficient (Wildman–Crippen LogP) is 6.58. The summed E-state index contributed by atoms with van der Waals surface area (Å²) in [4.78, 5) is 42.8. The van der Waals surface area contributed by atoms with Crippen molar-refractivity contribution in [3.05, 3.63) is 59.7 Å². The van der Waals surface area contributed by atoms with Crippen molar-refractivity contribution in [3.8, 4) is 5.75 Å². The van der Waals surface area contributed by atoms with Crippen LogP contribution in [-0.2, 0) is 14.3 Å². The molecule has 220 valence electrons. The van der Waals surface area contributed by atoms with E-state index in [-0.39, 0.29) is 17.7 Å². The standard InChI is InChI=1S/C32H47N3O5/c1-20(2)17-18-23(6)35(30(38)27(21(3)4)34-31(39)40-32(7,8)9)28(24-14-12-15-25(36)19-24)29(37)33-26-16-11-10-13-22(26)5/h10-16,19-21,23,27-28,36H,17-18H2,1-9H3,(H,33,37)(H,34,39). The van der Waals surface area contributed by atoms with E-state index in [1.807, 2.05) is 52.0 Å². The number of para-hydroxylation sites is 1. The first-order chi connectivity index (χ1) is 18.6. The topological polar surface area (TPSA) is 108 Å². The Balaban J connectivity index is 2.62. The van der Waals surface area contributed by atoms with Gasteiger partial charge in [0.25, 0.3) is 5.91 Å². The molecular weight excluding hydrogens is 506 g/mol. The number of carbonyl (C=O) groups is 3. The Morgan fingerprint density at radius 1 is 0.950 bits per heavy atom. The van der Waals surface area contributed by atoms with Crippen LogP contribution in [0.4, 0.5) is 10.5 Å². The predicted molar refractivity (Wildman–Crippen MR) is 159 cm³/mol. The van der Waals surface area contributed by atoms with Gasteiger partial charge in [-0.15, -0.1) is 0 Å². The molecule has 0 saturated carbocycles. The summed E-state index contributed by atoms with van der Waals surface area (Å²) in [5.74, 6) is -0.722. The lowest BCUT2D eigenvalue weighted by atomic mass is 9.94. The number of aryl methyl sites for hydroxylation is 1. The fourth-order valence-corrected chi connectivity index (χ4v) is 4.47. The Morgan fingerprint density at radius 3 is 2.15 bits per heavy atom. The molecule has 8 heteroatoms. The Bertz CT molecular complexity index is 1160. The van der Waals surface area contributed by atoms with Gasteiger partial charge in [0.15, 0.2) is 0 Å². The highest BCUT2D eigenvalue weighted by Gasteiger charge is 2.40. The van der Waals surface area contributed by atoms with E-state index in [9.17, 15) is 19.5 Å². The molecule has 3 unspecified atom stereocenters. The number of benzene rings is 2. The van der Waals surface area contributed by atoms with Gasteiger partial charge in [-0.2, -0.15) is 0 Å². The number of amides is 3. The summed E-state index contributed by atoms with van der Waals surface area (Å²) >= 11 is 0. The third kappa shape index (κ3) is 9.57. The van der Waals surface area contributed by atoms with Crippen LogP contribution in [0, 0.1) is 18.8 Å². The van der Waals surface area contributed by atoms with Gasteiger partial charge in [0.1, 0.15) is 23.4 Å². The lowest BCUT2D eigenvalue weighted by molar-refractivity contribution is -0.144. The van der Waals surface area contributed by atoms with Crippen molar-refractivity contribution >= 4 is 23.6 Å². The van der Waals surface area contributed by atoms with Crippen LogP contribution in [0.15, 0.2) is 48.5 Å². The van der Waals surface area contributed by atoms with Gasteiger partial charge in [0.05, 0.1) is 0 Å². The number of nitrogens with zero attached hydrogens (tertiary/aromatic N) is 1.